The molecule has 2 aliphatic rings. The number of phenols is 1. The van der Waals surface area contributed by atoms with Crippen molar-refractivity contribution in [3.8, 4) is 11.5 Å². The lowest BCUT2D eigenvalue weighted by molar-refractivity contribution is -0.386. The second kappa shape index (κ2) is 5.31. The van der Waals surface area contributed by atoms with E-state index >= 15 is 0 Å². The number of thioether (sulfide) groups is 2. The van der Waals surface area contributed by atoms with Crippen LogP contribution in [0.1, 0.15) is 16.8 Å². The molecule has 0 radical (unpaired) electrons. The third-order valence-corrected chi connectivity index (χ3v) is 5.89. The number of nitro groups is 1. The van der Waals surface area contributed by atoms with Crippen LogP contribution in [0.3, 0.4) is 0 Å². The van der Waals surface area contributed by atoms with E-state index in [1.165, 1.54) is 36.7 Å². The summed E-state index contributed by atoms with van der Waals surface area (Å²) in [5, 5.41) is 34.8. The molecular formula is C13H11N5O4S2. The van der Waals surface area contributed by atoms with Crippen molar-refractivity contribution in [2.45, 2.75) is 17.5 Å². The summed E-state index contributed by atoms with van der Waals surface area (Å²) in [6.07, 6.45) is 0. The van der Waals surface area contributed by atoms with Crippen LogP contribution in [-0.4, -0.2) is 32.0 Å². The highest BCUT2D eigenvalue weighted by molar-refractivity contribution is 8.07. The van der Waals surface area contributed by atoms with E-state index in [9.17, 15) is 15.2 Å². The molecule has 1 aromatic heterocycles. The Balaban J connectivity index is 1.82. The van der Waals surface area contributed by atoms with E-state index in [0.29, 0.717) is 5.56 Å². The van der Waals surface area contributed by atoms with Gasteiger partial charge in [0.2, 0.25) is 10.9 Å². The van der Waals surface area contributed by atoms with Gasteiger partial charge in [-0.2, -0.15) is 0 Å². The lowest BCUT2D eigenvalue weighted by atomic mass is 10.1. The summed E-state index contributed by atoms with van der Waals surface area (Å²) in [5.41, 5.74) is 0.264. The van der Waals surface area contributed by atoms with Crippen molar-refractivity contribution in [1.82, 2.24) is 14.9 Å². The van der Waals surface area contributed by atoms with Crippen molar-refractivity contribution in [2.24, 2.45) is 0 Å². The Morgan fingerprint density at radius 3 is 2.92 bits per heavy atom. The molecule has 2 aliphatic heterocycles. The number of hydrogen-bond donors (Lipinski definition) is 1. The van der Waals surface area contributed by atoms with E-state index in [1.807, 2.05) is 22.0 Å². The zero-order valence-corrected chi connectivity index (χ0v) is 14.2. The topological polar surface area (TPSA) is 107 Å². The number of nitrogens with zero attached hydrogens (tertiary/aromatic N) is 5. The maximum Gasteiger partial charge on any atom is 0.315 e. The Hall–Kier alpha value is -2.40. The van der Waals surface area contributed by atoms with E-state index in [4.69, 9.17) is 4.74 Å². The number of phenolic OH excluding ortho intramolecular Hbond substituents is 1. The SMILES string of the molecule is COc1cc(C2SC=C3Sc4nnc(C)n4N32)cc([N+](=O)[O-])c1O. The van der Waals surface area contributed by atoms with E-state index in [0.717, 1.165) is 16.0 Å². The summed E-state index contributed by atoms with van der Waals surface area (Å²) >= 11 is 3.01. The molecule has 0 fully saturated rings. The molecule has 0 aliphatic carbocycles. The van der Waals surface area contributed by atoms with Gasteiger partial charge in [-0.3, -0.25) is 15.1 Å². The number of aryl methyl sites for hydroxylation is 1. The summed E-state index contributed by atoms with van der Waals surface area (Å²) in [5.74, 6) is 0.328. The maximum atomic E-state index is 11.2. The highest BCUT2D eigenvalue weighted by Gasteiger charge is 2.40. The molecule has 24 heavy (non-hydrogen) atoms. The first-order chi connectivity index (χ1) is 11.5. The standard InChI is InChI=1S/C13H11N5O4S2/c1-6-14-15-13-16(6)17-10(24-13)5-23-12(17)7-3-8(18(20)21)11(19)9(4-7)22-2/h3-5,12,19H,1-2H3. The molecule has 3 heterocycles. The third kappa shape index (κ3) is 2.04. The number of aromatic hydroxyl groups is 1. The normalized spacial score (nSPS) is 18.3. The Morgan fingerprint density at radius 2 is 2.21 bits per heavy atom. The van der Waals surface area contributed by atoms with Gasteiger partial charge in [0.25, 0.3) is 0 Å². The monoisotopic (exact) mass is 365 g/mol. The van der Waals surface area contributed by atoms with Gasteiger partial charge in [0.15, 0.2) is 11.6 Å². The molecule has 1 aromatic carbocycles. The molecule has 4 rings (SSSR count). The third-order valence-electron chi connectivity index (χ3n) is 3.70. The summed E-state index contributed by atoms with van der Waals surface area (Å²) in [4.78, 5) is 10.6. The van der Waals surface area contributed by atoms with Crippen LogP contribution in [0.5, 0.6) is 11.5 Å². The molecule has 0 amide bonds. The minimum Gasteiger partial charge on any atom is -0.500 e. The minimum atomic E-state index is -0.622. The molecule has 0 bridgehead atoms. The maximum absolute atomic E-state index is 11.2. The molecule has 124 valence electrons. The van der Waals surface area contributed by atoms with Gasteiger partial charge in [0, 0.05) is 11.5 Å². The number of rotatable bonds is 3. The number of hydrogen-bond acceptors (Lipinski definition) is 9. The zero-order valence-electron chi connectivity index (χ0n) is 12.5. The van der Waals surface area contributed by atoms with Gasteiger partial charge in [-0.05, 0) is 30.3 Å². The predicted molar refractivity (Wildman–Crippen MR) is 88.6 cm³/mol. The van der Waals surface area contributed by atoms with Gasteiger partial charge in [-0.25, -0.2) is 4.68 Å². The molecule has 1 N–H and O–H groups in total. The van der Waals surface area contributed by atoms with Crippen molar-refractivity contribution in [2.75, 3.05) is 12.1 Å². The van der Waals surface area contributed by atoms with Crippen LogP contribution in [-0.2, 0) is 0 Å². The molecule has 1 unspecified atom stereocenters. The summed E-state index contributed by atoms with van der Waals surface area (Å²) in [7, 11) is 1.36. The second-order valence-corrected chi connectivity index (χ2v) is 7.02. The zero-order chi connectivity index (χ0) is 17.0. The highest BCUT2D eigenvalue weighted by Crippen LogP contribution is 2.52. The Kier molecular flexibility index (Phi) is 3.35. The van der Waals surface area contributed by atoms with Crippen molar-refractivity contribution in [3.63, 3.8) is 0 Å². The fourth-order valence-corrected chi connectivity index (χ4v) is 4.89. The smallest absolute Gasteiger partial charge is 0.315 e. The van der Waals surface area contributed by atoms with E-state index in [1.54, 1.807) is 6.07 Å². The predicted octanol–water partition coefficient (Wildman–Crippen LogP) is 2.50. The van der Waals surface area contributed by atoms with Crippen molar-refractivity contribution in [1.29, 1.82) is 0 Å². The summed E-state index contributed by atoms with van der Waals surface area (Å²) in [6.45, 7) is 1.85. The number of benzene rings is 1. The van der Waals surface area contributed by atoms with Crippen LogP contribution >= 0.6 is 23.5 Å². The quantitative estimate of drug-likeness (QED) is 0.648. The number of aromatic nitrogens is 3. The molecule has 0 saturated heterocycles. The van der Waals surface area contributed by atoms with Crippen LogP contribution in [0.15, 0.2) is 27.7 Å². The Bertz CT molecular complexity index is 897. The highest BCUT2D eigenvalue weighted by atomic mass is 32.2. The Labute approximate surface area is 144 Å². The average Bonchev–Trinajstić information content (AvgIpc) is 3.20. The van der Waals surface area contributed by atoms with E-state index < -0.39 is 10.7 Å². The van der Waals surface area contributed by atoms with Crippen LogP contribution in [0.25, 0.3) is 0 Å². The molecule has 0 spiro atoms. The number of nitro benzene ring substituents is 1. The average molecular weight is 365 g/mol. The first-order valence-electron chi connectivity index (χ1n) is 6.81. The van der Waals surface area contributed by atoms with Gasteiger partial charge in [-0.15, -0.1) is 10.2 Å². The van der Waals surface area contributed by atoms with E-state index in [-0.39, 0.29) is 16.8 Å². The summed E-state index contributed by atoms with van der Waals surface area (Å²) in [6, 6.07) is 2.98. The lowest BCUT2D eigenvalue weighted by Crippen LogP contribution is -2.30. The Morgan fingerprint density at radius 1 is 1.42 bits per heavy atom. The van der Waals surface area contributed by atoms with Crippen molar-refractivity contribution < 1.29 is 14.8 Å². The first kappa shape index (κ1) is 15.1. The second-order valence-electron chi connectivity index (χ2n) is 5.08. The van der Waals surface area contributed by atoms with Gasteiger partial charge >= 0.3 is 5.69 Å². The van der Waals surface area contributed by atoms with E-state index in [2.05, 4.69) is 10.2 Å². The molecule has 2 aromatic rings. The fourth-order valence-electron chi connectivity index (χ4n) is 2.64. The van der Waals surface area contributed by atoms with Crippen LogP contribution in [0.2, 0.25) is 0 Å². The largest absolute Gasteiger partial charge is 0.500 e. The van der Waals surface area contributed by atoms with Crippen LogP contribution in [0.4, 0.5) is 5.69 Å². The van der Waals surface area contributed by atoms with Gasteiger partial charge < -0.3 is 9.84 Å². The summed E-state index contributed by atoms with van der Waals surface area (Å²) < 4.78 is 6.97. The van der Waals surface area contributed by atoms with Crippen molar-refractivity contribution >= 4 is 29.2 Å². The minimum absolute atomic E-state index is 0.0702. The number of methoxy groups -OCH3 is 1. The molecule has 0 saturated carbocycles. The van der Waals surface area contributed by atoms with Gasteiger partial charge in [0.1, 0.15) is 10.4 Å². The fraction of sp³-hybridized carbons (Fsp3) is 0.231. The number of fused-ring (bicyclic) bond motifs is 3. The molecule has 9 nitrogen and oxygen atoms in total. The first-order valence-corrected chi connectivity index (χ1v) is 8.57. The molecular weight excluding hydrogens is 354 g/mol. The van der Waals surface area contributed by atoms with Crippen LogP contribution in [0, 0.1) is 17.0 Å². The van der Waals surface area contributed by atoms with Gasteiger partial charge in [0.05, 0.1) is 12.0 Å². The van der Waals surface area contributed by atoms with Crippen molar-refractivity contribution in [3.05, 3.63) is 44.1 Å². The van der Waals surface area contributed by atoms with Gasteiger partial charge in [-0.1, -0.05) is 11.8 Å². The molecule has 1 atom stereocenters. The van der Waals surface area contributed by atoms with Crippen LogP contribution < -0.4 is 9.75 Å². The molecule has 11 heteroatoms. The number of ether oxygens (including phenoxy) is 1. The lowest BCUT2D eigenvalue weighted by Gasteiger charge is -2.25.